The molecule has 0 unspecified atom stereocenters. The standard InChI is InChI=1S/C20H22N4O4/c1-12-2-7-17(13-3-5-16(25)6-4-13)24(11-12)20(28)19(27)23-15-8-14(18(21)26)9-22-10-15/h3-6,8-10,12,17,25H,2,7,11H2,1H3,(H2,21,26)(H,23,27)/t12-,17+/m1/s1. The number of carbonyl (C=O) groups excluding carboxylic acids is 3. The summed E-state index contributed by atoms with van der Waals surface area (Å²) in [6.45, 7) is 2.49. The van der Waals surface area contributed by atoms with Gasteiger partial charge in [-0.25, -0.2) is 0 Å². The number of phenols is 1. The Morgan fingerprint density at radius 3 is 2.57 bits per heavy atom. The van der Waals surface area contributed by atoms with Crippen molar-refractivity contribution in [2.45, 2.75) is 25.8 Å². The zero-order valence-corrected chi connectivity index (χ0v) is 15.5. The zero-order chi connectivity index (χ0) is 20.3. The molecule has 1 fully saturated rings. The minimum atomic E-state index is -0.804. The molecule has 1 aromatic carbocycles. The maximum Gasteiger partial charge on any atom is 0.313 e. The first-order chi connectivity index (χ1) is 13.3. The molecule has 8 heteroatoms. The van der Waals surface area contributed by atoms with E-state index in [1.165, 1.54) is 18.5 Å². The number of amides is 3. The van der Waals surface area contributed by atoms with Gasteiger partial charge in [-0.3, -0.25) is 19.4 Å². The van der Waals surface area contributed by atoms with Gasteiger partial charge in [0.05, 0.1) is 23.5 Å². The van der Waals surface area contributed by atoms with Crippen LogP contribution < -0.4 is 11.1 Å². The van der Waals surface area contributed by atoms with Gasteiger partial charge in [-0.15, -0.1) is 0 Å². The van der Waals surface area contributed by atoms with Crippen LogP contribution in [0.5, 0.6) is 5.75 Å². The highest BCUT2D eigenvalue weighted by molar-refractivity contribution is 6.39. The lowest BCUT2D eigenvalue weighted by Crippen LogP contribution is -2.46. The average Bonchev–Trinajstić information content (AvgIpc) is 2.68. The van der Waals surface area contributed by atoms with Crippen molar-refractivity contribution in [3.63, 3.8) is 0 Å². The number of primary amides is 1. The van der Waals surface area contributed by atoms with Crippen LogP contribution in [-0.4, -0.2) is 39.3 Å². The fourth-order valence-corrected chi connectivity index (χ4v) is 3.38. The summed E-state index contributed by atoms with van der Waals surface area (Å²) in [5.74, 6) is -1.72. The first kappa shape index (κ1) is 19.3. The molecule has 0 aliphatic carbocycles. The van der Waals surface area contributed by atoms with E-state index in [9.17, 15) is 19.5 Å². The number of anilines is 1. The molecule has 0 radical (unpaired) electrons. The van der Waals surface area contributed by atoms with E-state index in [1.807, 2.05) is 6.92 Å². The second kappa shape index (κ2) is 8.08. The topological polar surface area (TPSA) is 126 Å². The van der Waals surface area contributed by atoms with Gasteiger partial charge in [-0.2, -0.15) is 0 Å². The van der Waals surface area contributed by atoms with Gasteiger partial charge < -0.3 is 21.1 Å². The number of nitrogens with two attached hydrogens (primary N) is 1. The van der Waals surface area contributed by atoms with Crippen LogP contribution in [0.25, 0.3) is 0 Å². The highest BCUT2D eigenvalue weighted by atomic mass is 16.3. The SMILES string of the molecule is C[C@@H]1CC[C@@H](c2ccc(O)cc2)N(C(=O)C(=O)Nc2cncc(C(N)=O)c2)C1. The second-order valence-electron chi connectivity index (χ2n) is 7.03. The van der Waals surface area contributed by atoms with Gasteiger partial charge >= 0.3 is 11.8 Å². The first-order valence-electron chi connectivity index (χ1n) is 9.01. The van der Waals surface area contributed by atoms with E-state index < -0.39 is 17.7 Å². The lowest BCUT2D eigenvalue weighted by molar-refractivity contribution is -0.146. The summed E-state index contributed by atoms with van der Waals surface area (Å²) in [4.78, 5) is 42.1. The molecule has 146 valence electrons. The number of nitrogens with one attached hydrogen (secondary N) is 1. The van der Waals surface area contributed by atoms with Crippen LogP contribution in [0.15, 0.2) is 42.7 Å². The number of aromatic hydroxyl groups is 1. The average molecular weight is 382 g/mol. The molecule has 1 aromatic heterocycles. The third-order valence-corrected chi connectivity index (χ3v) is 4.83. The number of piperidine rings is 1. The van der Waals surface area contributed by atoms with Crippen molar-refractivity contribution in [2.24, 2.45) is 11.7 Å². The Labute approximate surface area is 162 Å². The van der Waals surface area contributed by atoms with Crippen LogP contribution >= 0.6 is 0 Å². The molecule has 0 bridgehead atoms. The Kier molecular flexibility index (Phi) is 5.58. The molecule has 3 rings (SSSR count). The van der Waals surface area contributed by atoms with Gasteiger partial charge in [0, 0.05) is 12.7 Å². The predicted molar refractivity (Wildman–Crippen MR) is 102 cm³/mol. The number of rotatable bonds is 3. The monoisotopic (exact) mass is 382 g/mol. The summed E-state index contributed by atoms with van der Waals surface area (Å²) >= 11 is 0. The molecule has 28 heavy (non-hydrogen) atoms. The van der Waals surface area contributed by atoms with Gasteiger partial charge in [0.15, 0.2) is 0 Å². The van der Waals surface area contributed by atoms with E-state index in [0.29, 0.717) is 6.54 Å². The highest BCUT2D eigenvalue weighted by Crippen LogP contribution is 2.34. The van der Waals surface area contributed by atoms with Crippen LogP contribution in [0, 0.1) is 5.92 Å². The zero-order valence-electron chi connectivity index (χ0n) is 15.5. The molecule has 4 N–H and O–H groups in total. The lowest BCUT2D eigenvalue weighted by Gasteiger charge is -2.38. The molecule has 2 aromatic rings. The Balaban J connectivity index is 1.79. The van der Waals surface area contributed by atoms with Gasteiger partial charge in [0.25, 0.3) is 0 Å². The molecular formula is C20H22N4O4. The van der Waals surface area contributed by atoms with Crippen LogP contribution in [0.3, 0.4) is 0 Å². The Morgan fingerprint density at radius 2 is 1.89 bits per heavy atom. The van der Waals surface area contributed by atoms with Gasteiger partial charge in [-0.05, 0) is 42.5 Å². The maximum atomic E-state index is 12.9. The lowest BCUT2D eigenvalue weighted by atomic mass is 9.90. The smallest absolute Gasteiger partial charge is 0.313 e. The minimum Gasteiger partial charge on any atom is -0.508 e. The van der Waals surface area contributed by atoms with E-state index in [-0.39, 0.29) is 29.0 Å². The fourth-order valence-electron chi connectivity index (χ4n) is 3.38. The van der Waals surface area contributed by atoms with Crippen LogP contribution in [0.4, 0.5) is 5.69 Å². The summed E-state index contributed by atoms with van der Waals surface area (Å²) in [5, 5.41) is 12.0. The number of aromatic nitrogens is 1. The van der Waals surface area contributed by atoms with Crippen molar-refractivity contribution in [3.8, 4) is 5.75 Å². The molecular weight excluding hydrogens is 360 g/mol. The molecule has 0 saturated carbocycles. The summed E-state index contributed by atoms with van der Waals surface area (Å²) in [5.41, 5.74) is 6.44. The van der Waals surface area contributed by atoms with E-state index in [1.54, 1.807) is 29.2 Å². The number of hydrogen-bond acceptors (Lipinski definition) is 5. The van der Waals surface area contributed by atoms with Crippen molar-refractivity contribution in [1.82, 2.24) is 9.88 Å². The van der Waals surface area contributed by atoms with Crippen molar-refractivity contribution in [1.29, 1.82) is 0 Å². The van der Waals surface area contributed by atoms with Crippen molar-refractivity contribution in [2.75, 3.05) is 11.9 Å². The number of hydrogen-bond donors (Lipinski definition) is 3. The van der Waals surface area contributed by atoms with E-state index in [2.05, 4.69) is 10.3 Å². The van der Waals surface area contributed by atoms with Crippen LogP contribution in [0.1, 0.15) is 41.7 Å². The van der Waals surface area contributed by atoms with E-state index in [4.69, 9.17) is 5.73 Å². The Morgan fingerprint density at radius 1 is 1.18 bits per heavy atom. The summed E-state index contributed by atoms with van der Waals surface area (Å²) in [6.07, 6.45) is 4.28. The van der Waals surface area contributed by atoms with Gasteiger partial charge in [-0.1, -0.05) is 19.1 Å². The third-order valence-electron chi connectivity index (χ3n) is 4.83. The number of pyridine rings is 1. The van der Waals surface area contributed by atoms with Crippen molar-refractivity contribution < 1.29 is 19.5 Å². The minimum absolute atomic E-state index is 0.138. The number of carbonyl (C=O) groups is 3. The molecule has 2 heterocycles. The second-order valence-corrected chi connectivity index (χ2v) is 7.03. The van der Waals surface area contributed by atoms with E-state index >= 15 is 0 Å². The van der Waals surface area contributed by atoms with Gasteiger partial charge in [0.2, 0.25) is 5.91 Å². The highest BCUT2D eigenvalue weighted by Gasteiger charge is 2.34. The van der Waals surface area contributed by atoms with Crippen molar-refractivity contribution >= 4 is 23.4 Å². The van der Waals surface area contributed by atoms with Crippen LogP contribution in [0.2, 0.25) is 0 Å². The van der Waals surface area contributed by atoms with Crippen LogP contribution in [-0.2, 0) is 9.59 Å². The third kappa shape index (κ3) is 4.28. The number of likely N-dealkylation sites (tertiary alicyclic amines) is 1. The molecule has 1 saturated heterocycles. The van der Waals surface area contributed by atoms with Crippen molar-refractivity contribution in [3.05, 3.63) is 53.9 Å². The van der Waals surface area contributed by atoms with Gasteiger partial charge in [0.1, 0.15) is 5.75 Å². The summed E-state index contributed by atoms with van der Waals surface area (Å²) in [7, 11) is 0. The largest absolute Gasteiger partial charge is 0.508 e. The molecule has 3 amide bonds. The Hall–Kier alpha value is -3.42. The molecule has 8 nitrogen and oxygen atoms in total. The molecule has 1 aliphatic rings. The maximum absolute atomic E-state index is 12.9. The fraction of sp³-hybridized carbons (Fsp3) is 0.300. The Bertz CT molecular complexity index is 897. The number of benzene rings is 1. The molecule has 1 aliphatic heterocycles. The van der Waals surface area contributed by atoms with E-state index in [0.717, 1.165) is 18.4 Å². The first-order valence-corrected chi connectivity index (χ1v) is 9.01. The number of phenolic OH excluding ortho intramolecular Hbond substituents is 1. The summed E-state index contributed by atoms with van der Waals surface area (Å²) in [6, 6.07) is 7.78. The predicted octanol–water partition coefficient (Wildman–Crippen LogP) is 1.82. The quantitative estimate of drug-likeness (QED) is 0.698. The number of nitrogens with zero attached hydrogens (tertiary/aromatic N) is 2. The summed E-state index contributed by atoms with van der Waals surface area (Å²) < 4.78 is 0. The molecule has 0 spiro atoms. The normalized spacial score (nSPS) is 19.1. The molecule has 2 atom stereocenters.